The van der Waals surface area contributed by atoms with Crippen molar-refractivity contribution in [3.8, 4) is 0 Å². The minimum absolute atomic E-state index is 0.159. The van der Waals surface area contributed by atoms with Crippen LogP contribution in [-0.4, -0.2) is 39.3 Å². The number of carbonyl (C=O) groups is 1. The first-order chi connectivity index (χ1) is 16.5. The van der Waals surface area contributed by atoms with Crippen molar-refractivity contribution in [3.05, 3.63) is 82.0 Å². The summed E-state index contributed by atoms with van der Waals surface area (Å²) in [7, 11) is 0. The molecule has 5 rings (SSSR count). The van der Waals surface area contributed by atoms with Gasteiger partial charge in [-0.25, -0.2) is 0 Å². The number of aromatic nitrogens is 2. The number of hydrogen-bond donors (Lipinski definition) is 2. The van der Waals surface area contributed by atoms with Crippen molar-refractivity contribution in [1.82, 2.24) is 19.6 Å². The Bertz CT molecular complexity index is 1210. The van der Waals surface area contributed by atoms with Gasteiger partial charge in [-0.2, -0.15) is 0 Å². The van der Waals surface area contributed by atoms with E-state index in [0.29, 0.717) is 6.54 Å². The highest BCUT2D eigenvalue weighted by Gasteiger charge is 2.33. The van der Waals surface area contributed by atoms with Crippen LogP contribution in [0.5, 0.6) is 0 Å². The van der Waals surface area contributed by atoms with Crippen molar-refractivity contribution in [3.63, 3.8) is 0 Å². The Hall–Kier alpha value is -3.03. The third-order valence-electron chi connectivity index (χ3n) is 7.46. The van der Waals surface area contributed by atoms with Crippen LogP contribution in [0.25, 0.3) is 5.52 Å². The van der Waals surface area contributed by atoms with E-state index in [-0.39, 0.29) is 23.1 Å². The maximum atomic E-state index is 13.2. The molecule has 4 heterocycles. The van der Waals surface area contributed by atoms with Crippen molar-refractivity contribution >= 4 is 11.4 Å². The van der Waals surface area contributed by atoms with E-state index in [1.807, 2.05) is 36.4 Å². The largest absolute Gasteiger partial charge is 0.349 e. The van der Waals surface area contributed by atoms with Crippen LogP contribution in [0.2, 0.25) is 0 Å². The molecule has 2 fully saturated rings. The van der Waals surface area contributed by atoms with Gasteiger partial charge >= 0.3 is 0 Å². The van der Waals surface area contributed by atoms with E-state index >= 15 is 0 Å². The summed E-state index contributed by atoms with van der Waals surface area (Å²) in [5.41, 5.74) is 9.02. The number of pyridine rings is 3. The standard InChI is InChI=1S/C27H33N5O2/c28-27(24-11-4-6-14-29-24)12-16-31(17-13-27)19-20-18-22(25(33)30-21-8-2-1-3-9-21)26(34)32-15-7-5-10-23(20)32/h4-7,10-11,14-15,18,21H,1-3,8-9,12-13,16-17,19,28H2,(H,30,33). The molecule has 3 aromatic heterocycles. The van der Waals surface area contributed by atoms with Gasteiger partial charge in [0.1, 0.15) is 5.56 Å². The molecule has 178 valence electrons. The van der Waals surface area contributed by atoms with E-state index in [1.54, 1.807) is 22.9 Å². The second-order valence-corrected chi connectivity index (χ2v) is 9.80. The number of fused-ring (bicyclic) bond motifs is 1. The molecule has 7 heteroatoms. The molecule has 2 aliphatic rings. The maximum absolute atomic E-state index is 13.2. The highest BCUT2D eigenvalue weighted by Crippen LogP contribution is 2.30. The van der Waals surface area contributed by atoms with Gasteiger partial charge in [0.25, 0.3) is 11.5 Å². The molecule has 34 heavy (non-hydrogen) atoms. The van der Waals surface area contributed by atoms with Gasteiger partial charge in [0.15, 0.2) is 0 Å². The van der Waals surface area contributed by atoms with E-state index < -0.39 is 5.54 Å². The molecule has 0 spiro atoms. The number of nitrogens with zero attached hydrogens (tertiary/aromatic N) is 3. The monoisotopic (exact) mass is 459 g/mol. The van der Waals surface area contributed by atoms with Gasteiger partial charge in [-0.05, 0) is 61.6 Å². The summed E-state index contributed by atoms with van der Waals surface area (Å²) in [5.74, 6) is -0.258. The van der Waals surface area contributed by atoms with Crippen molar-refractivity contribution in [1.29, 1.82) is 0 Å². The Morgan fingerprint density at radius 3 is 2.59 bits per heavy atom. The van der Waals surface area contributed by atoms with E-state index in [0.717, 1.165) is 68.4 Å². The van der Waals surface area contributed by atoms with Crippen LogP contribution in [0.4, 0.5) is 0 Å². The maximum Gasteiger partial charge on any atom is 0.267 e. The van der Waals surface area contributed by atoms with Gasteiger partial charge in [0.2, 0.25) is 0 Å². The first-order valence-corrected chi connectivity index (χ1v) is 12.4. The number of amides is 1. The average Bonchev–Trinajstić information content (AvgIpc) is 2.88. The number of piperidine rings is 1. The highest BCUT2D eigenvalue weighted by molar-refractivity contribution is 5.94. The number of likely N-dealkylation sites (tertiary alicyclic amines) is 1. The topological polar surface area (TPSA) is 92.7 Å². The second-order valence-electron chi connectivity index (χ2n) is 9.80. The summed E-state index contributed by atoms with van der Waals surface area (Å²) in [6.45, 7) is 2.32. The summed E-state index contributed by atoms with van der Waals surface area (Å²) in [6, 6.07) is 13.6. The number of rotatable bonds is 5. The minimum Gasteiger partial charge on any atom is -0.349 e. The molecular formula is C27H33N5O2. The SMILES string of the molecule is NC1(c2ccccn2)CCN(Cc2cc(C(=O)NC3CCCCC3)c(=O)n3ccccc23)CC1. The molecule has 1 amide bonds. The van der Waals surface area contributed by atoms with Crippen molar-refractivity contribution in [2.75, 3.05) is 13.1 Å². The van der Waals surface area contributed by atoms with Crippen LogP contribution in [0.1, 0.15) is 66.6 Å². The van der Waals surface area contributed by atoms with Gasteiger partial charge in [0, 0.05) is 38.1 Å². The third-order valence-corrected chi connectivity index (χ3v) is 7.46. The van der Waals surface area contributed by atoms with Gasteiger partial charge < -0.3 is 11.1 Å². The zero-order chi connectivity index (χ0) is 23.5. The molecule has 1 saturated carbocycles. The third kappa shape index (κ3) is 4.63. The van der Waals surface area contributed by atoms with E-state index in [9.17, 15) is 9.59 Å². The Balaban J connectivity index is 1.37. The Morgan fingerprint density at radius 2 is 1.85 bits per heavy atom. The smallest absolute Gasteiger partial charge is 0.267 e. The van der Waals surface area contributed by atoms with Crippen LogP contribution in [0.3, 0.4) is 0 Å². The molecule has 1 aliphatic carbocycles. The van der Waals surface area contributed by atoms with Gasteiger partial charge in [0.05, 0.1) is 16.7 Å². The van der Waals surface area contributed by atoms with E-state index in [1.165, 1.54) is 6.42 Å². The van der Waals surface area contributed by atoms with Crippen LogP contribution >= 0.6 is 0 Å². The molecule has 0 bridgehead atoms. The lowest BCUT2D eigenvalue weighted by Gasteiger charge is -2.39. The summed E-state index contributed by atoms with van der Waals surface area (Å²) >= 11 is 0. The lowest BCUT2D eigenvalue weighted by Crippen LogP contribution is -2.48. The molecule has 3 N–H and O–H groups in total. The lowest BCUT2D eigenvalue weighted by molar-refractivity contribution is 0.0925. The van der Waals surface area contributed by atoms with E-state index in [2.05, 4.69) is 15.2 Å². The van der Waals surface area contributed by atoms with Crippen LogP contribution in [0.15, 0.2) is 59.7 Å². The van der Waals surface area contributed by atoms with Gasteiger partial charge in [-0.1, -0.05) is 31.4 Å². The number of nitrogens with two attached hydrogens (primary N) is 1. The predicted molar refractivity (Wildman–Crippen MR) is 133 cm³/mol. The molecule has 1 saturated heterocycles. The van der Waals surface area contributed by atoms with Gasteiger partial charge in [-0.3, -0.25) is 23.9 Å². The number of carbonyl (C=O) groups excluding carboxylic acids is 1. The normalized spacial score (nSPS) is 19.2. The Labute approximate surface area is 200 Å². The first-order valence-electron chi connectivity index (χ1n) is 12.4. The van der Waals surface area contributed by atoms with Crippen LogP contribution in [0, 0.1) is 0 Å². The number of hydrogen-bond acceptors (Lipinski definition) is 5. The molecule has 7 nitrogen and oxygen atoms in total. The van der Waals surface area contributed by atoms with Crippen LogP contribution < -0.4 is 16.6 Å². The number of nitrogens with one attached hydrogen (secondary N) is 1. The first kappa shape index (κ1) is 22.7. The zero-order valence-electron chi connectivity index (χ0n) is 19.6. The molecule has 1 aliphatic heterocycles. The molecule has 0 unspecified atom stereocenters. The summed E-state index contributed by atoms with van der Waals surface area (Å²) < 4.78 is 1.61. The summed E-state index contributed by atoms with van der Waals surface area (Å²) in [6.07, 6.45) is 10.6. The van der Waals surface area contributed by atoms with Crippen molar-refractivity contribution in [2.24, 2.45) is 5.73 Å². The minimum atomic E-state index is -0.418. The quantitative estimate of drug-likeness (QED) is 0.611. The fraction of sp³-hybridized carbons (Fsp3) is 0.444. The lowest BCUT2D eigenvalue weighted by atomic mass is 9.85. The zero-order valence-corrected chi connectivity index (χ0v) is 19.6. The average molecular weight is 460 g/mol. The fourth-order valence-electron chi connectivity index (χ4n) is 5.39. The van der Waals surface area contributed by atoms with Gasteiger partial charge in [-0.15, -0.1) is 0 Å². The van der Waals surface area contributed by atoms with Crippen molar-refractivity contribution in [2.45, 2.75) is 63.1 Å². The van der Waals surface area contributed by atoms with E-state index in [4.69, 9.17) is 5.73 Å². The Kier molecular flexibility index (Phi) is 6.48. The predicted octanol–water partition coefficient (Wildman–Crippen LogP) is 3.21. The summed E-state index contributed by atoms with van der Waals surface area (Å²) in [5, 5.41) is 3.11. The Morgan fingerprint density at radius 1 is 1.09 bits per heavy atom. The molecular weight excluding hydrogens is 426 g/mol. The molecule has 0 atom stereocenters. The second kappa shape index (κ2) is 9.68. The molecule has 0 aromatic carbocycles. The summed E-state index contributed by atoms with van der Waals surface area (Å²) in [4.78, 5) is 33.1. The van der Waals surface area contributed by atoms with Crippen molar-refractivity contribution < 1.29 is 4.79 Å². The van der Waals surface area contributed by atoms with Crippen LogP contribution in [-0.2, 0) is 12.1 Å². The highest BCUT2D eigenvalue weighted by atomic mass is 16.2. The molecule has 3 aromatic rings. The fourth-order valence-corrected chi connectivity index (χ4v) is 5.39. The molecule has 0 radical (unpaired) electrons.